The van der Waals surface area contributed by atoms with Crippen LogP contribution in [0.25, 0.3) is 10.4 Å². The van der Waals surface area contributed by atoms with Crippen LogP contribution in [0, 0.1) is 6.92 Å². The SMILES string of the molecule is CSc1cncc(-c2sc(C)nc2C(=O)O)c1. The predicted octanol–water partition coefficient (Wildman–Crippen LogP) is 2.93. The molecule has 0 aliphatic rings. The highest BCUT2D eigenvalue weighted by molar-refractivity contribution is 7.98. The third-order valence-corrected chi connectivity index (χ3v) is 3.86. The minimum absolute atomic E-state index is 0.104. The van der Waals surface area contributed by atoms with E-state index in [1.165, 1.54) is 11.3 Å². The molecule has 0 aromatic carbocycles. The van der Waals surface area contributed by atoms with Crippen molar-refractivity contribution in [1.82, 2.24) is 9.97 Å². The topological polar surface area (TPSA) is 63.1 Å². The summed E-state index contributed by atoms with van der Waals surface area (Å²) in [4.78, 5) is 20.9. The van der Waals surface area contributed by atoms with E-state index >= 15 is 0 Å². The van der Waals surface area contributed by atoms with E-state index in [0.717, 1.165) is 15.5 Å². The van der Waals surface area contributed by atoms with Gasteiger partial charge in [0.2, 0.25) is 0 Å². The van der Waals surface area contributed by atoms with Gasteiger partial charge in [0, 0.05) is 22.9 Å². The van der Waals surface area contributed by atoms with E-state index in [9.17, 15) is 4.79 Å². The largest absolute Gasteiger partial charge is 0.476 e. The van der Waals surface area contributed by atoms with Crippen molar-refractivity contribution < 1.29 is 9.90 Å². The minimum Gasteiger partial charge on any atom is -0.476 e. The number of aryl methyl sites for hydroxylation is 1. The first kappa shape index (κ1) is 12.1. The Balaban J connectivity index is 2.55. The number of aromatic nitrogens is 2. The van der Waals surface area contributed by atoms with E-state index in [1.54, 1.807) is 31.1 Å². The lowest BCUT2D eigenvalue weighted by Gasteiger charge is -2.00. The van der Waals surface area contributed by atoms with Crippen molar-refractivity contribution in [3.05, 3.63) is 29.2 Å². The quantitative estimate of drug-likeness (QED) is 0.865. The Hall–Kier alpha value is -1.40. The number of aromatic carboxylic acids is 1. The van der Waals surface area contributed by atoms with Gasteiger partial charge in [0.1, 0.15) is 0 Å². The highest BCUT2D eigenvalue weighted by Crippen LogP contribution is 2.31. The van der Waals surface area contributed by atoms with Crippen LogP contribution in [-0.4, -0.2) is 27.3 Å². The summed E-state index contributed by atoms with van der Waals surface area (Å²) in [5.74, 6) is -1.00. The van der Waals surface area contributed by atoms with Gasteiger partial charge in [0.15, 0.2) is 5.69 Å². The molecule has 0 amide bonds. The molecule has 2 aromatic heterocycles. The molecule has 0 atom stereocenters. The molecule has 0 aliphatic heterocycles. The van der Waals surface area contributed by atoms with Crippen molar-refractivity contribution in [1.29, 1.82) is 0 Å². The number of thiazole rings is 1. The first-order valence-corrected chi connectivity index (χ1v) is 6.86. The number of thioether (sulfide) groups is 1. The first-order chi connectivity index (χ1) is 8.11. The Labute approximate surface area is 107 Å². The van der Waals surface area contributed by atoms with Gasteiger partial charge in [0.05, 0.1) is 9.88 Å². The summed E-state index contributed by atoms with van der Waals surface area (Å²) in [5.41, 5.74) is 0.910. The van der Waals surface area contributed by atoms with Gasteiger partial charge in [-0.2, -0.15) is 0 Å². The standard InChI is InChI=1S/C11H10N2O2S2/c1-6-13-9(11(14)15)10(17-6)7-3-8(16-2)5-12-4-7/h3-5H,1-2H3,(H,14,15). The lowest BCUT2D eigenvalue weighted by molar-refractivity contribution is 0.0692. The Morgan fingerprint density at radius 2 is 2.24 bits per heavy atom. The number of hydrogen-bond acceptors (Lipinski definition) is 5. The monoisotopic (exact) mass is 266 g/mol. The van der Waals surface area contributed by atoms with Crippen molar-refractivity contribution in [3.8, 4) is 10.4 Å². The zero-order valence-corrected chi connectivity index (χ0v) is 10.9. The average Bonchev–Trinajstić information content (AvgIpc) is 2.72. The molecule has 0 radical (unpaired) electrons. The molecule has 6 heteroatoms. The summed E-state index contributed by atoms with van der Waals surface area (Å²) in [6, 6.07) is 1.93. The summed E-state index contributed by atoms with van der Waals surface area (Å²) in [7, 11) is 0. The lowest BCUT2D eigenvalue weighted by atomic mass is 10.2. The second kappa shape index (κ2) is 4.85. The zero-order chi connectivity index (χ0) is 12.4. The van der Waals surface area contributed by atoms with Crippen molar-refractivity contribution in [2.24, 2.45) is 0 Å². The fourth-order valence-electron chi connectivity index (χ4n) is 1.42. The fraction of sp³-hybridized carbons (Fsp3) is 0.182. The summed E-state index contributed by atoms with van der Waals surface area (Å²) in [6.07, 6.45) is 5.37. The normalized spacial score (nSPS) is 10.5. The van der Waals surface area contributed by atoms with Crippen LogP contribution in [0.5, 0.6) is 0 Å². The third-order valence-electron chi connectivity index (χ3n) is 2.15. The maximum absolute atomic E-state index is 11.1. The number of carboxylic acids is 1. The third kappa shape index (κ3) is 2.48. The molecule has 0 saturated carbocycles. The van der Waals surface area contributed by atoms with E-state index < -0.39 is 5.97 Å². The number of carbonyl (C=O) groups is 1. The molecule has 4 nitrogen and oxygen atoms in total. The van der Waals surface area contributed by atoms with Crippen LogP contribution in [0.2, 0.25) is 0 Å². The van der Waals surface area contributed by atoms with Crippen LogP contribution in [0.3, 0.4) is 0 Å². The van der Waals surface area contributed by atoms with Gasteiger partial charge in [0.25, 0.3) is 0 Å². The number of nitrogens with zero attached hydrogens (tertiary/aromatic N) is 2. The smallest absolute Gasteiger partial charge is 0.356 e. The van der Waals surface area contributed by atoms with E-state index in [0.29, 0.717) is 4.88 Å². The minimum atomic E-state index is -1.00. The summed E-state index contributed by atoms with van der Waals surface area (Å²) >= 11 is 2.95. The summed E-state index contributed by atoms with van der Waals surface area (Å²) < 4.78 is 0. The molecule has 2 aromatic rings. The van der Waals surface area contributed by atoms with Crippen LogP contribution in [-0.2, 0) is 0 Å². The maximum Gasteiger partial charge on any atom is 0.356 e. The molecule has 1 N–H and O–H groups in total. The molecule has 0 bridgehead atoms. The summed E-state index contributed by atoms with van der Waals surface area (Å²) in [5, 5.41) is 9.83. The predicted molar refractivity (Wildman–Crippen MR) is 68.8 cm³/mol. The van der Waals surface area contributed by atoms with Gasteiger partial charge in [-0.3, -0.25) is 4.98 Å². The van der Waals surface area contributed by atoms with Crippen LogP contribution in [0.1, 0.15) is 15.5 Å². The van der Waals surface area contributed by atoms with Crippen LogP contribution >= 0.6 is 23.1 Å². The van der Waals surface area contributed by atoms with Crippen molar-refractivity contribution in [3.63, 3.8) is 0 Å². The summed E-state index contributed by atoms with van der Waals surface area (Å²) in [6.45, 7) is 1.80. The maximum atomic E-state index is 11.1. The number of rotatable bonds is 3. The molecule has 2 heterocycles. The molecule has 0 fully saturated rings. The second-order valence-electron chi connectivity index (χ2n) is 3.33. The second-order valence-corrected chi connectivity index (χ2v) is 5.41. The molecule has 0 saturated heterocycles. The van der Waals surface area contributed by atoms with Gasteiger partial charge in [-0.1, -0.05) is 0 Å². The molecule has 0 spiro atoms. The Morgan fingerprint density at radius 1 is 1.47 bits per heavy atom. The van der Waals surface area contributed by atoms with Crippen molar-refractivity contribution in [2.45, 2.75) is 11.8 Å². The van der Waals surface area contributed by atoms with Gasteiger partial charge in [-0.25, -0.2) is 9.78 Å². The van der Waals surface area contributed by atoms with Crippen molar-refractivity contribution >= 4 is 29.1 Å². The fourth-order valence-corrected chi connectivity index (χ4v) is 2.72. The molecule has 17 heavy (non-hydrogen) atoms. The molecule has 0 unspecified atom stereocenters. The first-order valence-electron chi connectivity index (χ1n) is 4.82. The Morgan fingerprint density at radius 3 is 2.88 bits per heavy atom. The van der Waals surface area contributed by atoms with E-state index in [1.807, 2.05) is 12.3 Å². The van der Waals surface area contributed by atoms with Crippen LogP contribution in [0.4, 0.5) is 0 Å². The van der Waals surface area contributed by atoms with Crippen LogP contribution < -0.4 is 0 Å². The Kier molecular flexibility index (Phi) is 3.44. The van der Waals surface area contributed by atoms with E-state index in [2.05, 4.69) is 9.97 Å². The number of pyridine rings is 1. The van der Waals surface area contributed by atoms with Gasteiger partial charge < -0.3 is 5.11 Å². The van der Waals surface area contributed by atoms with Gasteiger partial charge >= 0.3 is 5.97 Å². The highest BCUT2D eigenvalue weighted by Gasteiger charge is 2.17. The highest BCUT2D eigenvalue weighted by atomic mass is 32.2. The Bertz CT molecular complexity index is 566. The molecule has 2 rings (SSSR count). The number of hydrogen-bond donors (Lipinski definition) is 1. The van der Waals surface area contributed by atoms with Gasteiger partial charge in [-0.05, 0) is 19.2 Å². The van der Waals surface area contributed by atoms with Crippen LogP contribution in [0.15, 0.2) is 23.4 Å². The van der Waals surface area contributed by atoms with Crippen molar-refractivity contribution in [2.75, 3.05) is 6.26 Å². The molecule has 88 valence electrons. The number of carboxylic acid groups (broad SMARTS) is 1. The molecule has 0 aliphatic carbocycles. The zero-order valence-electron chi connectivity index (χ0n) is 9.30. The molecular weight excluding hydrogens is 256 g/mol. The van der Waals surface area contributed by atoms with E-state index in [4.69, 9.17) is 5.11 Å². The van der Waals surface area contributed by atoms with Gasteiger partial charge in [-0.15, -0.1) is 23.1 Å². The molecular formula is C11H10N2O2S2. The lowest BCUT2D eigenvalue weighted by Crippen LogP contribution is -1.98. The van der Waals surface area contributed by atoms with E-state index in [-0.39, 0.29) is 5.69 Å². The average molecular weight is 266 g/mol.